The maximum absolute atomic E-state index is 13.3. The molecule has 0 rings (SSSR count). The highest BCUT2D eigenvalue weighted by Crippen LogP contribution is 2.15. The summed E-state index contributed by atoms with van der Waals surface area (Å²) in [7, 11) is 0. The summed E-state index contributed by atoms with van der Waals surface area (Å²) in [6.45, 7) is 7.68. The minimum atomic E-state index is -1.10. The SMILES string of the molecule is CCCCCCCCCCCCCCN(CCCCCCCCCCCCCC)C(=O)CCC(=O)NCCNC(=O)N(S)CCNC(=S)NCCNC(=O)O. The van der Waals surface area contributed by atoms with E-state index in [2.05, 4.69) is 53.2 Å². The molecule has 0 aliphatic carbocycles. The molecule has 12 nitrogen and oxygen atoms in total. The van der Waals surface area contributed by atoms with Crippen molar-refractivity contribution in [3.63, 3.8) is 0 Å². The fraction of sp³-hybridized carbons (Fsp3) is 0.878. The van der Waals surface area contributed by atoms with Crippen molar-refractivity contribution in [1.82, 2.24) is 35.8 Å². The fourth-order valence-corrected chi connectivity index (χ4v) is 6.74. The molecule has 0 atom stereocenters. The molecule has 0 aliphatic rings. The maximum atomic E-state index is 13.3. The maximum Gasteiger partial charge on any atom is 0.404 e. The van der Waals surface area contributed by atoms with Gasteiger partial charge in [0.1, 0.15) is 0 Å². The number of thiol groups is 1. The fourth-order valence-electron chi connectivity index (χ4n) is 6.36. The standard InChI is InChI=1S/C41H81N7O5S2/c1-3-5-7-9-11-13-15-17-19-21-23-25-34-47(35-26-24-22-20-18-16-14-12-10-8-6-4-2)38(50)28-27-37(49)42-29-31-45-40(51)48(55)36-33-44-39(54)43-30-32-46-41(52)53/h46,55H,3-36H2,1-2H3,(H,42,49)(H,45,51)(H,52,53)(H2,43,44,54). The van der Waals surface area contributed by atoms with E-state index < -0.39 is 12.1 Å². The van der Waals surface area contributed by atoms with E-state index in [-0.39, 0.29) is 50.8 Å². The molecule has 0 fully saturated rings. The van der Waals surface area contributed by atoms with Gasteiger partial charge in [0.25, 0.3) is 0 Å². The minimum Gasteiger partial charge on any atom is -0.465 e. The molecule has 322 valence electrons. The van der Waals surface area contributed by atoms with Gasteiger partial charge in [-0.15, -0.1) is 0 Å². The number of amides is 5. The van der Waals surface area contributed by atoms with Crippen LogP contribution >= 0.6 is 25.0 Å². The number of unbranched alkanes of at least 4 members (excludes halogenated alkanes) is 22. The van der Waals surface area contributed by atoms with Gasteiger partial charge in [-0.05, 0) is 25.1 Å². The third-order valence-corrected chi connectivity index (χ3v) is 10.4. The molecular formula is C41H81N7O5S2. The van der Waals surface area contributed by atoms with Crippen LogP contribution in [0.3, 0.4) is 0 Å². The van der Waals surface area contributed by atoms with Gasteiger partial charge in [-0.2, -0.15) is 0 Å². The average molecular weight is 816 g/mol. The molecular weight excluding hydrogens is 735 g/mol. The van der Waals surface area contributed by atoms with Crippen molar-refractivity contribution in [2.45, 2.75) is 181 Å². The summed E-state index contributed by atoms with van der Waals surface area (Å²) >= 11 is 9.31. The Morgan fingerprint density at radius 1 is 0.491 bits per heavy atom. The molecule has 5 amide bonds. The van der Waals surface area contributed by atoms with E-state index in [4.69, 9.17) is 17.3 Å². The monoisotopic (exact) mass is 816 g/mol. The van der Waals surface area contributed by atoms with Gasteiger partial charge in [0.2, 0.25) is 11.8 Å². The van der Waals surface area contributed by atoms with Crippen molar-refractivity contribution in [3.05, 3.63) is 0 Å². The second-order valence-corrected chi connectivity index (χ2v) is 15.7. The second-order valence-electron chi connectivity index (χ2n) is 14.8. The Morgan fingerprint density at radius 2 is 0.873 bits per heavy atom. The van der Waals surface area contributed by atoms with Crippen molar-refractivity contribution in [2.75, 3.05) is 52.4 Å². The summed E-state index contributed by atoms with van der Waals surface area (Å²) < 4.78 is 1.20. The summed E-state index contributed by atoms with van der Waals surface area (Å²) in [5, 5.41) is 22.4. The molecule has 0 heterocycles. The number of carbonyl (C=O) groups excluding carboxylic acids is 3. The van der Waals surface area contributed by atoms with Crippen LogP contribution in [0.4, 0.5) is 9.59 Å². The van der Waals surface area contributed by atoms with Crippen LogP contribution < -0.4 is 26.6 Å². The number of urea groups is 1. The topological polar surface area (TPSA) is 155 Å². The Labute approximate surface area is 346 Å². The second kappa shape index (κ2) is 39.7. The number of nitrogens with zero attached hydrogens (tertiary/aromatic N) is 2. The van der Waals surface area contributed by atoms with Gasteiger partial charge in [-0.25, -0.2) is 9.59 Å². The van der Waals surface area contributed by atoms with Gasteiger partial charge in [0.15, 0.2) is 5.11 Å². The van der Waals surface area contributed by atoms with Crippen LogP contribution in [0.1, 0.15) is 181 Å². The van der Waals surface area contributed by atoms with Crippen molar-refractivity contribution in [3.8, 4) is 0 Å². The summed E-state index contributed by atoms with van der Waals surface area (Å²) in [4.78, 5) is 50.6. The van der Waals surface area contributed by atoms with E-state index in [0.29, 0.717) is 18.2 Å². The normalized spacial score (nSPS) is 10.8. The quantitative estimate of drug-likeness (QED) is 0.0186. The molecule has 0 bridgehead atoms. The smallest absolute Gasteiger partial charge is 0.404 e. The van der Waals surface area contributed by atoms with Gasteiger partial charge in [-0.1, -0.05) is 168 Å². The van der Waals surface area contributed by atoms with Crippen LogP contribution in [0.2, 0.25) is 0 Å². The molecule has 0 saturated heterocycles. The zero-order valence-electron chi connectivity index (χ0n) is 34.9. The Balaban J connectivity index is 4.38. The Kier molecular flexibility index (Phi) is 38.0. The third kappa shape index (κ3) is 36.9. The van der Waals surface area contributed by atoms with E-state index in [9.17, 15) is 19.2 Å². The number of carboxylic acid groups (broad SMARTS) is 1. The molecule has 0 aliphatic heterocycles. The van der Waals surface area contributed by atoms with Gasteiger partial charge in [0.05, 0.1) is 6.54 Å². The summed E-state index contributed by atoms with van der Waals surface area (Å²) in [6.07, 6.45) is 30.1. The highest BCUT2D eigenvalue weighted by Gasteiger charge is 2.15. The van der Waals surface area contributed by atoms with E-state index >= 15 is 0 Å². The number of carbonyl (C=O) groups is 4. The van der Waals surface area contributed by atoms with E-state index in [1.807, 2.05) is 4.90 Å². The highest BCUT2D eigenvalue weighted by molar-refractivity contribution is 7.80. The molecule has 0 aromatic rings. The summed E-state index contributed by atoms with van der Waals surface area (Å²) in [5.74, 6) is -0.148. The zero-order chi connectivity index (χ0) is 40.6. The van der Waals surface area contributed by atoms with Crippen LogP contribution in [0, 0.1) is 0 Å². The number of hydrogen-bond donors (Lipinski definition) is 7. The molecule has 0 radical (unpaired) electrons. The first kappa shape index (κ1) is 52.5. The van der Waals surface area contributed by atoms with Crippen molar-refractivity contribution >= 4 is 54.1 Å². The third-order valence-electron chi connectivity index (χ3n) is 9.74. The van der Waals surface area contributed by atoms with E-state index in [1.165, 1.54) is 133 Å². The molecule has 0 unspecified atom stereocenters. The molecule has 55 heavy (non-hydrogen) atoms. The predicted octanol–water partition coefficient (Wildman–Crippen LogP) is 8.70. The predicted molar refractivity (Wildman–Crippen MR) is 235 cm³/mol. The zero-order valence-corrected chi connectivity index (χ0v) is 36.6. The first-order valence-corrected chi connectivity index (χ1v) is 22.8. The first-order chi connectivity index (χ1) is 26.7. The number of rotatable bonds is 38. The lowest BCUT2D eigenvalue weighted by atomic mass is 10.0. The van der Waals surface area contributed by atoms with Gasteiger partial charge in [0, 0.05) is 58.7 Å². The van der Waals surface area contributed by atoms with Crippen molar-refractivity contribution in [2.24, 2.45) is 0 Å². The lowest BCUT2D eigenvalue weighted by Crippen LogP contribution is -2.44. The molecule has 0 saturated carbocycles. The first-order valence-electron chi connectivity index (χ1n) is 22.0. The molecule has 14 heteroatoms. The van der Waals surface area contributed by atoms with Crippen LogP contribution in [0.15, 0.2) is 0 Å². The number of thiocarbonyl (C=S) groups is 1. The molecule has 0 aromatic carbocycles. The van der Waals surface area contributed by atoms with Crippen LogP contribution in [-0.2, 0) is 9.59 Å². The average Bonchev–Trinajstić information content (AvgIpc) is 3.16. The van der Waals surface area contributed by atoms with Crippen LogP contribution in [-0.4, -0.2) is 95.7 Å². The van der Waals surface area contributed by atoms with Crippen LogP contribution in [0.25, 0.3) is 0 Å². The summed E-state index contributed by atoms with van der Waals surface area (Å²) in [5.41, 5.74) is 0. The van der Waals surface area contributed by atoms with Gasteiger partial charge < -0.3 is 36.6 Å². The van der Waals surface area contributed by atoms with E-state index in [0.717, 1.165) is 38.8 Å². The number of hydrogen-bond acceptors (Lipinski definition) is 6. The number of nitrogens with one attached hydrogen (secondary N) is 5. The lowest BCUT2D eigenvalue weighted by molar-refractivity contribution is -0.133. The molecule has 0 spiro atoms. The van der Waals surface area contributed by atoms with Crippen LogP contribution in [0.5, 0.6) is 0 Å². The van der Waals surface area contributed by atoms with E-state index in [1.54, 1.807) is 0 Å². The largest absolute Gasteiger partial charge is 0.465 e. The Hall–Kier alpha value is -2.48. The summed E-state index contributed by atoms with van der Waals surface area (Å²) in [6, 6.07) is -0.412. The van der Waals surface area contributed by atoms with Gasteiger partial charge in [-0.3, -0.25) is 13.9 Å². The Morgan fingerprint density at radius 3 is 1.33 bits per heavy atom. The van der Waals surface area contributed by atoms with Crippen molar-refractivity contribution in [1.29, 1.82) is 0 Å². The molecule has 6 N–H and O–H groups in total. The van der Waals surface area contributed by atoms with Crippen molar-refractivity contribution < 1.29 is 24.3 Å². The minimum absolute atomic E-state index is 0.0560. The molecule has 0 aromatic heterocycles. The highest BCUT2D eigenvalue weighted by atomic mass is 32.1. The van der Waals surface area contributed by atoms with Gasteiger partial charge >= 0.3 is 12.1 Å². The Bertz CT molecular complexity index is 951. The lowest BCUT2D eigenvalue weighted by Gasteiger charge is -2.23.